The minimum Gasteiger partial charge on any atom is -0.457 e. The first-order chi connectivity index (χ1) is 15.0. The summed E-state index contributed by atoms with van der Waals surface area (Å²) in [5.74, 6) is -16.1. The van der Waals surface area contributed by atoms with Crippen LogP contribution in [0.3, 0.4) is 0 Å². The van der Waals surface area contributed by atoms with E-state index in [0.717, 1.165) is 12.2 Å². The molecule has 0 bridgehead atoms. The maximum atomic E-state index is 13.4. The quantitative estimate of drug-likeness (QED) is 0.195. The Hall–Kier alpha value is -3.70. The van der Waals surface area contributed by atoms with E-state index in [4.69, 9.17) is 0 Å². The first kappa shape index (κ1) is 24.6. The van der Waals surface area contributed by atoms with Gasteiger partial charge in [-0.3, -0.25) is 0 Å². The summed E-state index contributed by atoms with van der Waals surface area (Å²) in [6.45, 7) is -2.27. The average molecular weight is 466 g/mol. The third kappa shape index (κ3) is 5.93. The number of hydrogen-bond donors (Lipinski definition) is 0. The van der Waals surface area contributed by atoms with E-state index in [1.807, 2.05) is 0 Å². The van der Waals surface area contributed by atoms with Gasteiger partial charge >= 0.3 is 11.9 Å². The van der Waals surface area contributed by atoms with Crippen LogP contribution >= 0.6 is 0 Å². The molecule has 2 aromatic carbocycles. The van der Waals surface area contributed by atoms with Gasteiger partial charge in [0.1, 0.15) is 13.2 Å². The molecule has 2 rings (SSSR count). The van der Waals surface area contributed by atoms with E-state index in [2.05, 4.69) is 9.47 Å². The number of benzene rings is 2. The molecule has 0 fully saturated rings. The van der Waals surface area contributed by atoms with Crippen molar-refractivity contribution in [2.45, 2.75) is 13.2 Å². The summed E-state index contributed by atoms with van der Waals surface area (Å²) in [6, 6.07) is -0.0410. The normalized spacial score (nSPS) is 11.4. The maximum absolute atomic E-state index is 13.4. The lowest BCUT2D eigenvalue weighted by Crippen LogP contribution is -2.08. The maximum Gasteiger partial charge on any atom is 0.331 e. The Labute approximate surface area is 174 Å². The number of halogens is 8. The molecule has 0 unspecified atom stereocenters. The fourth-order valence-electron chi connectivity index (χ4n) is 2.15. The summed E-state index contributed by atoms with van der Waals surface area (Å²) in [5.41, 5.74) is -2.31. The highest BCUT2D eigenvalue weighted by atomic mass is 19.2. The molecule has 4 nitrogen and oxygen atoms in total. The number of carbonyl (C=O) groups excluding carboxylic acids is 2. The van der Waals surface area contributed by atoms with Crippen LogP contribution in [-0.4, -0.2) is 11.9 Å². The van der Waals surface area contributed by atoms with Crippen molar-refractivity contribution in [2.24, 2.45) is 0 Å². The van der Waals surface area contributed by atoms with Crippen molar-refractivity contribution in [2.75, 3.05) is 0 Å². The molecule has 32 heavy (non-hydrogen) atoms. The van der Waals surface area contributed by atoms with Crippen molar-refractivity contribution in [3.05, 3.63) is 94.1 Å². The molecule has 2 aromatic rings. The van der Waals surface area contributed by atoms with E-state index in [0.29, 0.717) is 12.2 Å². The molecule has 0 aliphatic heterocycles. The highest BCUT2D eigenvalue weighted by molar-refractivity contribution is 5.84. The molecule has 0 N–H and O–H groups in total. The number of rotatable bonds is 7. The molecule has 0 radical (unpaired) electrons. The van der Waals surface area contributed by atoms with E-state index in [1.165, 1.54) is 0 Å². The minimum atomic E-state index is -1.74. The monoisotopic (exact) mass is 466 g/mol. The SMILES string of the molecule is O=C(/C=C/C=C/C(=O)OCc1c(F)c(F)cc(F)c1F)OCc1c(F)c(F)cc(F)c1F. The highest BCUT2D eigenvalue weighted by Gasteiger charge is 2.21. The number of ether oxygens (including phenoxy) is 2. The van der Waals surface area contributed by atoms with Crippen LogP contribution in [0.5, 0.6) is 0 Å². The zero-order valence-corrected chi connectivity index (χ0v) is 15.5. The predicted molar refractivity (Wildman–Crippen MR) is 90.4 cm³/mol. The van der Waals surface area contributed by atoms with Crippen molar-refractivity contribution < 1.29 is 54.2 Å². The van der Waals surface area contributed by atoms with Gasteiger partial charge in [0, 0.05) is 24.3 Å². The van der Waals surface area contributed by atoms with Crippen molar-refractivity contribution in [1.29, 1.82) is 0 Å². The van der Waals surface area contributed by atoms with E-state index in [1.54, 1.807) is 0 Å². The Bertz CT molecular complexity index is 972. The van der Waals surface area contributed by atoms with Crippen molar-refractivity contribution in [3.8, 4) is 0 Å². The molecule has 0 aromatic heterocycles. The molecule has 0 aliphatic carbocycles. The molecule has 0 atom stereocenters. The minimum absolute atomic E-state index is 0.0205. The van der Waals surface area contributed by atoms with Gasteiger partial charge in [0.2, 0.25) is 0 Å². The lowest BCUT2D eigenvalue weighted by atomic mass is 10.2. The van der Waals surface area contributed by atoms with Gasteiger partial charge in [0.25, 0.3) is 0 Å². The third-order valence-electron chi connectivity index (χ3n) is 3.70. The Morgan fingerprint density at radius 1 is 0.594 bits per heavy atom. The van der Waals surface area contributed by atoms with E-state index in [9.17, 15) is 44.7 Å². The van der Waals surface area contributed by atoms with Gasteiger partial charge in [-0.1, -0.05) is 12.2 Å². The molecular weight excluding hydrogens is 456 g/mol. The van der Waals surface area contributed by atoms with E-state index >= 15 is 0 Å². The van der Waals surface area contributed by atoms with Crippen LogP contribution in [0, 0.1) is 46.5 Å². The van der Waals surface area contributed by atoms with Crippen LogP contribution in [0.25, 0.3) is 0 Å². The zero-order chi connectivity index (χ0) is 24.0. The largest absolute Gasteiger partial charge is 0.457 e. The number of hydrogen-bond acceptors (Lipinski definition) is 4. The third-order valence-corrected chi connectivity index (χ3v) is 3.70. The zero-order valence-electron chi connectivity index (χ0n) is 15.5. The summed E-state index contributed by atoms with van der Waals surface area (Å²) in [4.78, 5) is 22.9. The van der Waals surface area contributed by atoms with Gasteiger partial charge in [0.05, 0.1) is 11.1 Å². The van der Waals surface area contributed by atoms with Gasteiger partial charge in [-0.25, -0.2) is 44.7 Å². The van der Waals surface area contributed by atoms with Gasteiger partial charge in [-0.05, 0) is 0 Å². The molecule has 0 saturated carbocycles. The first-order valence-corrected chi connectivity index (χ1v) is 8.34. The number of allylic oxidation sites excluding steroid dienone is 2. The first-order valence-electron chi connectivity index (χ1n) is 8.34. The van der Waals surface area contributed by atoms with Crippen LogP contribution in [0.15, 0.2) is 36.4 Å². The highest BCUT2D eigenvalue weighted by Crippen LogP contribution is 2.21. The van der Waals surface area contributed by atoms with E-state index in [-0.39, 0.29) is 12.1 Å². The molecule has 0 heterocycles. The van der Waals surface area contributed by atoms with E-state index < -0.39 is 82.8 Å². The number of carbonyl (C=O) groups is 2. The molecular formula is C20H10F8O4. The van der Waals surface area contributed by atoms with Gasteiger partial charge < -0.3 is 9.47 Å². The number of esters is 2. The predicted octanol–water partition coefficient (Wildman–Crippen LogP) is 4.70. The van der Waals surface area contributed by atoms with Crippen LogP contribution in [0.1, 0.15) is 11.1 Å². The summed E-state index contributed by atoms with van der Waals surface area (Å²) in [7, 11) is 0. The Morgan fingerprint density at radius 3 is 1.16 bits per heavy atom. The lowest BCUT2D eigenvalue weighted by molar-refractivity contribution is -0.140. The van der Waals surface area contributed by atoms with Crippen LogP contribution in [0.4, 0.5) is 35.1 Å². The lowest BCUT2D eigenvalue weighted by Gasteiger charge is -2.07. The van der Waals surface area contributed by atoms with Crippen molar-refractivity contribution in [1.82, 2.24) is 0 Å². The second-order valence-electron chi connectivity index (χ2n) is 5.83. The summed E-state index contributed by atoms with van der Waals surface area (Å²) >= 11 is 0. The molecule has 0 saturated heterocycles. The fourth-order valence-corrected chi connectivity index (χ4v) is 2.15. The topological polar surface area (TPSA) is 52.6 Å². The van der Waals surface area contributed by atoms with Gasteiger partial charge in [-0.15, -0.1) is 0 Å². The van der Waals surface area contributed by atoms with Gasteiger partial charge in [0.15, 0.2) is 46.5 Å². The Kier molecular flexibility index (Phi) is 8.10. The molecule has 0 amide bonds. The summed E-state index contributed by atoms with van der Waals surface area (Å²) < 4.78 is 115. The molecule has 0 spiro atoms. The average Bonchev–Trinajstić information content (AvgIpc) is 2.74. The van der Waals surface area contributed by atoms with Crippen LogP contribution < -0.4 is 0 Å². The molecule has 170 valence electrons. The smallest absolute Gasteiger partial charge is 0.331 e. The van der Waals surface area contributed by atoms with Crippen LogP contribution in [0.2, 0.25) is 0 Å². The Morgan fingerprint density at radius 2 is 0.875 bits per heavy atom. The van der Waals surface area contributed by atoms with Crippen molar-refractivity contribution >= 4 is 11.9 Å². The molecule has 0 aliphatic rings. The summed E-state index contributed by atoms with van der Waals surface area (Å²) in [5, 5.41) is 0. The van der Waals surface area contributed by atoms with Gasteiger partial charge in [-0.2, -0.15) is 0 Å². The fraction of sp³-hybridized carbons (Fsp3) is 0.100. The Balaban J connectivity index is 1.89. The standard InChI is InChI=1S/C20H10F8O4/c21-11-5-12(22)18(26)9(17(11)25)7-31-15(29)3-1-2-4-16(30)32-8-10-19(27)13(23)6-14(24)20(10)28/h1-6H,7-8H2/b3-1+,4-2+. The molecule has 12 heteroatoms. The van der Waals surface area contributed by atoms with Crippen LogP contribution in [-0.2, 0) is 32.3 Å². The second-order valence-corrected chi connectivity index (χ2v) is 5.83. The second kappa shape index (κ2) is 10.6. The summed E-state index contributed by atoms with van der Waals surface area (Å²) in [6.07, 6.45) is 3.06. The van der Waals surface area contributed by atoms with Crippen molar-refractivity contribution in [3.63, 3.8) is 0 Å².